The Labute approximate surface area is 113 Å². The molecule has 0 aliphatic rings. The van der Waals surface area contributed by atoms with Crippen LogP contribution in [0.1, 0.15) is 13.8 Å². The quantitative estimate of drug-likeness (QED) is 0.756. The van der Waals surface area contributed by atoms with E-state index in [1.54, 1.807) is 17.0 Å². The van der Waals surface area contributed by atoms with Crippen LogP contribution in [0.15, 0.2) is 24.3 Å². The number of urea groups is 1. The molecule has 0 unspecified atom stereocenters. The van der Waals surface area contributed by atoms with Crippen molar-refractivity contribution in [3.63, 3.8) is 0 Å². The van der Waals surface area contributed by atoms with Crippen molar-refractivity contribution in [2.75, 3.05) is 23.1 Å². The Morgan fingerprint density at radius 2 is 1.84 bits per heavy atom. The van der Waals surface area contributed by atoms with Crippen LogP contribution in [0.4, 0.5) is 16.2 Å². The molecule has 0 aromatic heterocycles. The van der Waals surface area contributed by atoms with Gasteiger partial charge in [0.1, 0.15) is 0 Å². The SMILES string of the molecule is CCN(CC)C(=O)Nc1cccc(NS(N)(=O)=O)c1. The minimum atomic E-state index is -3.82. The number of nitrogens with zero attached hydrogens (tertiary/aromatic N) is 1. The molecule has 1 aromatic rings. The molecule has 1 rings (SSSR count). The molecule has 0 bridgehead atoms. The zero-order valence-electron chi connectivity index (χ0n) is 10.9. The summed E-state index contributed by atoms with van der Waals surface area (Å²) in [5, 5.41) is 7.56. The van der Waals surface area contributed by atoms with Crippen LogP contribution in [0.25, 0.3) is 0 Å². The second-order valence-corrected chi connectivity index (χ2v) is 5.12. The van der Waals surface area contributed by atoms with Gasteiger partial charge in [-0.15, -0.1) is 0 Å². The van der Waals surface area contributed by atoms with Crippen LogP contribution in [0.2, 0.25) is 0 Å². The first-order chi connectivity index (χ1) is 8.85. The number of nitrogens with two attached hydrogens (primary N) is 1. The van der Waals surface area contributed by atoms with Crippen molar-refractivity contribution in [2.45, 2.75) is 13.8 Å². The molecular formula is C11H18N4O3S. The van der Waals surface area contributed by atoms with E-state index in [2.05, 4.69) is 10.0 Å². The zero-order valence-corrected chi connectivity index (χ0v) is 11.7. The van der Waals surface area contributed by atoms with Crippen molar-refractivity contribution in [1.82, 2.24) is 4.90 Å². The number of anilines is 2. The molecular weight excluding hydrogens is 268 g/mol. The summed E-state index contributed by atoms with van der Waals surface area (Å²) in [6, 6.07) is 6.07. The van der Waals surface area contributed by atoms with E-state index >= 15 is 0 Å². The first kappa shape index (κ1) is 15.3. The first-order valence-electron chi connectivity index (χ1n) is 5.82. The molecule has 0 atom stereocenters. The highest BCUT2D eigenvalue weighted by Crippen LogP contribution is 2.16. The maximum atomic E-state index is 11.8. The number of nitrogens with one attached hydrogen (secondary N) is 2. The van der Waals surface area contributed by atoms with Crippen molar-refractivity contribution in [2.24, 2.45) is 5.14 Å². The van der Waals surface area contributed by atoms with E-state index in [9.17, 15) is 13.2 Å². The smallest absolute Gasteiger partial charge is 0.321 e. The molecule has 0 aliphatic heterocycles. The normalized spacial score (nSPS) is 10.9. The molecule has 0 saturated heterocycles. The van der Waals surface area contributed by atoms with Gasteiger partial charge in [0.15, 0.2) is 0 Å². The molecule has 8 heteroatoms. The van der Waals surface area contributed by atoms with Gasteiger partial charge in [-0.1, -0.05) is 6.07 Å². The number of hydrogen-bond acceptors (Lipinski definition) is 3. The van der Waals surface area contributed by atoms with Crippen molar-refractivity contribution < 1.29 is 13.2 Å². The number of carbonyl (C=O) groups excluding carboxylic acids is 1. The molecule has 0 fully saturated rings. The van der Waals surface area contributed by atoms with Gasteiger partial charge in [-0.3, -0.25) is 4.72 Å². The third-order valence-electron chi connectivity index (χ3n) is 2.42. The topological polar surface area (TPSA) is 105 Å². The Morgan fingerprint density at radius 3 is 2.37 bits per heavy atom. The summed E-state index contributed by atoms with van der Waals surface area (Å²) in [6.07, 6.45) is 0. The van der Waals surface area contributed by atoms with Crippen LogP contribution in [0.3, 0.4) is 0 Å². The third kappa shape index (κ3) is 5.14. The number of hydrogen-bond donors (Lipinski definition) is 3. The molecule has 0 aliphatic carbocycles. The number of carbonyl (C=O) groups is 1. The average molecular weight is 286 g/mol. The Kier molecular flexibility index (Phi) is 5.13. The number of benzene rings is 1. The van der Waals surface area contributed by atoms with Gasteiger partial charge >= 0.3 is 6.03 Å². The highest BCUT2D eigenvalue weighted by atomic mass is 32.2. The monoisotopic (exact) mass is 286 g/mol. The molecule has 7 nitrogen and oxygen atoms in total. The fraction of sp³-hybridized carbons (Fsp3) is 0.364. The zero-order chi connectivity index (χ0) is 14.5. The van der Waals surface area contributed by atoms with Crippen LogP contribution in [-0.4, -0.2) is 32.4 Å². The largest absolute Gasteiger partial charge is 0.325 e. The lowest BCUT2D eigenvalue weighted by atomic mass is 10.3. The summed E-state index contributed by atoms with van der Waals surface area (Å²) in [5.74, 6) is 0. The Morgan fingerprint density at radius 1 is 1.26 bits per heavy atom. The second-order valence-electron chi connectivity index (χ2n) is 3.83. The lowest BCUT2D eigenvalue weighted by Crippen LogP contribution is -2.34. The van der Waals surface area contributed by atoms with E-state index in [1.165, 1.54) is 12.1 Å². The molecule has 0 spiro atoms. The first-order valence-corrected chi connectivity index (χ1v) is 7.37. The Hall–Kier alpha value is -1.80. The summed E-state index contributed by atoms with van der Waals surface area (Å²) < 4.78 is 23.9. The Balaban J connectivity index is 2.80. The molecule has 19 heavy (non-hydrogen) atoms. The molecule has 106 valence electrons. The summed E-state index contributed by atoms with van der Waals surface area (Å²) in [6.45, 7) is 4.94. The highest BCUT2D eigenvalue weighted by molar-refractivity contribution is 7.90. The average Bonchev–Trinajstić information content (AvgIpc) is 2.28. The molecule has 0 saturated carbocycles. The van der Waals surface area contributed by atoms with Crippen LogP contribution in [0, 0.1) is 0 Å². The van der Waals surface area contributed by atoms with Crippen molar-refractivity contribution >= 4 is 27.6 Å². The van der Waals surface area contributed by atoms with E-state index in [0.29, 0.717) is 24.5 Å². The summed E-state index contributed by atoms with van der Waals surface area (Å²) in [4.78, 5) is 13.4. The molecule has 0 radical (unpaired) electrons. The van der Waals surface area contributed by atoms with E-state index in [-0.39, 0.29) is 6.03 Å². The summed E-state index contributed by atoms with van der Waals surface area (Å²) in [7, 11) is -3.82. The van der Waals surface area contributed by atoms with E-state index in [0.717, 1.165) is 0 Å². The molecule has 2 amide bonds. The molecule has 4 N–H and O–H groups in total. The predicted octanol–water partition coefficient (Wildman–Crippen LogP) is 1.18. The summed E-state index contributed by atoms with van der Waals surface area (Å²) in [5.41, 5.74) is 0.783. The van der Waals surface area contributed by atoms with Gasteiger partial charge < -0.3 is 10.2 Å². The standard InChI is InChI=1S/C11H18N4O3S/c1-3-15(4-2)11(16)13-9-6-5-7-10(8-9)14-19(12,17)18/h5-8,14H,3-4H2,1-2H3,(H,13,16)(H2,12,17,18). The molecule has 1 aromatic carbocycles. The van der Waals surface area contributed by atoms with Gasteiger partial charge in [-0.2, -0.15) is 8.42 Å². The predicted molar refractivity (Wildman–Crippen MR) is 75.1 cm³/mol. The van der Waals surface area contributed by atoms with Crippen molar-refractivity contribution in [3.8, 4) is 0 Å². The number of rotatable bonds is 5. The van der Waals surface area contributed by atoms with Crippen LogP contribution in [-0.2, 0) is 10.2 Å². The lowest BCUT2D eigenvalue weighted by molar-refractivity contribution is 0.217. The van der Waals surface area contributed by atoms with Gasteiger partial charge in [0.25, 0.3) is 10.2 Å². The van der Waals surface area contributed by atoms with Crippen LogP contribution < -0.4 is 15.2 Å². The van der Waals surface area contributed by atoms with E-state index < -0.39 is 10.2 Å². The molecule has 0 heterocycles. The van der Waals surface area contributed by atoms with E-state index in [4.69, 9.17) is 5.14 Å². The van der Waals surface area contributed by atoms with Crippen molar-refractivity contribution in [3.05, 3.63) is 24.3 Å². The van der Waals surface area contributed by atoms with Crippen LogP contribution >= 0.6 is 0 Å². The van der Waals surface area contributed by atoms with Gasteiger partial charge in [-0.05, 0) is 32.0 Å². The highest BCUT2D eigenvalue weighted by Gasteiger charge is 2.10. The maximum Gasteiger partial charge on any atom is 0.321 e. The van der Waals surface area contributed by atoms with Gasteiger partial charge in [0.2, 0.25) is 0 Å². The van der Waals surface area contributed by atoms with Gasteiger partial charge in [0, 0.05) is 18.8 Å². The van der Waals surface area contributed by atoms with Gasteiger partial charge in [-0.25, -0.2) is 9.93 Å². The fourth-order valence-corrected chi connectivity index (χ4v) is 1.99. The second kappa shape index (κ2) is 6.39. The maximum absolute atomic E-state index is 11.8. The van der Waals surface area contributed by atoms with Crippen molar-refractivity contribution in [1.29, 1.82) is 0 Å². The summed E-state index contributed by atoms with van der Waals surface area (Å²) >= 11 is 0. The van der Waals surface area contributed by atoms with Crippen LogP contribution in [0.5, 0.6) is 0 Å². The fourth-order valence-electron chi connectivity index (χ4n) is 1.54. The lowest BCUT2D eigenvalue weighted by Gasteiger charge is -2.19. The third-order valence-corrected chi connectivity index (χ3v) is 2.94. The minimum Gasteiger partial charge on any atom is -0.325 e. The van der Waals surface area contributed by atoms with Gasteiger partial charge in [0.05, 0.1) is 5.69 Å². The minimum absolute atomic E-state index is 0.238. The van der Waals surface area contributed by atoms with E-state index in [1.807, 2.05) is 13.8 Å². The Bertz CT molecular complexity index is 541. The number of amides is 2.